The Bertz CT molecular complexity index is 999. The molecule has 1 aromatic heterocycles. The van der Waals surface area contributed by atoms with Crippen molar-refractivity contribution in [3.05, 3.63) is 64.8 Å². The van der Waals surface area contributed by atoms with Crippen LogP contribution in [0.3, 0.4) is 0 Å². The Hall–Kier alpha value is -2.73. The van der Waals surface area contributed by atoms with Crippen molar-refractivity contribution in [3.63, 3.8) is 0 Å². The van der Waals surface area contributed by atoms with Gasteiger partial charge in [-0.3, -0.25) is 4.79 Å². The second-order valence-corrected chi connectivity index (χ2v) is 8.10. The van der Waals surface area contributed by atoms with Crippen LogP contribution in [0.4, 0.5) is 15.2 Å². The van der Waals surface area contributed by atoms with E-state index in [1.54, 1.807) is 12.1 Å². The van der Waals surface area contributed by atoms with E-state index >= 15 is 0 Å². The standard InChI is InChI=1S/C22H22FN3OS/c1-14-3-6-16(7-4-14)19-13-28-22(24-19)25-21(27)12-26-15(2)5-8-17-11-18(23)9-10-20(17)26/h3-4,6-7,9-11,13,15H,5,8,12H2,1-2H3,(H,24,25,27). The monoisotopic (exact) mass is 395 g/mol. The largest absolute Gasteiger partial charge is 0.359 e. The maximum atomic E-state index is 13.5. The fraction of sp³-hybridized carbons (Fsp3) is 0.273. The third-order valence-electron chi connectivity index (χ3n) is 5.13. The van der Waals surface area contributed by atoms with Gasteiger partial charge in [0.05, 0.1) is 12.2 Å². The van der Waals surface area contributed by atoms with Gasteiger partial charge in [-0.1, -0.05) is 29.8 Å². The van der Waals surface area contributed by atoms with E-state index in [1.807, 2.05) is 41.5 Å². The summed E-state index contributed by atoms with van der Waals surface area (Å²) in [5.41, 5.74) is 4.98. The topological polar surface area (TPSA) is 45.2 Å². The zero-order chi connectivity index (χ0) is 19.7. The van der Waals surface area contributed by atoms with Gasteiger partial charge in [0.15, 0.2) is 5.13 Å². The summed E-state index contributed by atoms with van der Waals surface area (Å²) in [6.07, 6.45) is 1.73. The molecule has 144 valence electrons. The molecule has 2 aromatic carbocycles. The Morgan fingerprint density at radius 2 is 2.07 bits per heavy atom. The number of aryl methyl sites for hydroxylation is 2. The number of carbonyl (C=O) groups is 1. The number of anilines is 2. The van der Waals surface area contributed by atoms with Gasteiger partial charge in [0.25, 0.3) is 0 Å². The van der Waals surface area contributed by atoms with Gasteiger partial charge in [0.2, 0.25) is 5.91 Å². The van der Waals surface area contributed by atoms with Crippen molar-refractivity contribution >= 4 is 28.1 Å². The second kappa shape index (κ2) is 7.72. The van der Waals surface area contributed by atoms with Gasteiger partial charge < -0.3 is 10.2 Å². The summed E-state index contributed by atoms with van der Waals surface area (Å²) >= 11 is 1.42. The van der Waals surface area contributed by atoms with Gasteiger partial charge in [-0.25, -0.2) is 9.37 Å². The van der Waals surface area contributed by atoms with Crippen molar-refractivity contribution < 1.29 is 9.18 Å². The third kappa shape index (κ3) is 3.92. The van der Waals surface area contributed by atoms with E-state index in [2.05, 4.69) is 17.2 Å². The van der Waals surface area contributed by atoms with Gasteiger partial charge in [-0.15, -0.1) is 11.3 Å². The fourth-order valence-electron chi connectivity index (χ4n) is 3.53. The SMILES string of the molecule is Cc1ccc(-c2csc(NC(=O)CN3c4ccc(F)cc4CCC3C)n2)cc1. The molecule has 1 N–H and O–H groups in total. The molecule has 0 bridgehead atoms. The molecule has 0 radical (unpaired) electrons. The van der Waals surface area contributed by atoms with Gasteiger partial charge >= 0.3 is 0 Å². The van der Waals surface area contributed by atoms with E-state index < -0.39 is 0 Å². The first-order valence-corrected chi connectivity index (χ1v) is 10.2. The summed E-state index contributed by atoms with van der Waals surface area (Å²) in [6, 6.07) is 13.2. The summed E-state index contributed by atoms with van der Waals surface area (Å²) in [6.45, 7) is 4.36. The molecule has 1 atom stereocenters. The highest BCUT2D eigenvalue weighted by molar-refractivity contribution is 7.14. The molecule has 28 heavy (non-hydrogen) atoms. The van der Waals surface area contributed by atoms with Gasteiger partial charge in [0, 0.05) is 22.7 Å². The number of fused-ring (bicyclic) bond motifs is 1. The summed E-state index contributed by atoms with van der Waals surface area (Å²) in [5, 5.41) is 5.44. The maximum Gasteiger partial charge on any atom is 0.245 e. The van der Waals surface area contributed by atoms with E-state index in [-0.39, 0.29) is 24.3 Å². The van der Waals surface area contributed by atoms with Crippen LogP contribution >= 0.6 is 11.3 Å². The first-order chi connectivity index (χ1) is 13.5. The summed E-state index contributed by atoms with van der Waals surface area (Å²) in [7, 11) is 0. The van der Waals surface area contributed by atoms with E-state index in [0.717, 1.165) is 35.3 Å². The molecule has 0 spiro atoms. The van der Waals surface area contributed by atoms with Crippen molar-refractivity contribution in [3.8, 4) is 11.3 Å². The van der Waals surface area contributed by atoms with E-state index in [9.17, 15) is 9.18 Å². The van der Waals surface area contributed by atoms with Crippen LogP contribution in [0.15, 0.2) is 47.8 Å². The van der Waals surface area contributed by atoms with E-state index in [0.29, 0.717) is 5.13 Å². The highest BCUT2D eigenvalue weighted by Crippen LogP contribution is 2.31. The van der Waals surface area contributed by atoms with Crippen molar-refractivity contribution in [2.45, 2.75) is 32.7 Å². The minimum absolute atomic E-state index is 0.117. The van der Waals surface area contributed by atoms with Gasteiger partial charge in [-0.2, -0.15) is 0 Å². The molecular formula is C22H22FN3OS. The Morgan fingerprint density at radius 3 is 2.86 bits per heavy atom. The highest BCUT2D eigenvalue weighted by Gasteiger charge is 2.25. The van der Waals surface area contributed by atoms with Crippen LogP contribution in [0.1, 0.15) is 24.5 Å². The highest BCUT2D eigenvalue weighted by atomic mass is 32.1. The van der Waals surface area contributed by atoms with Crippen LogP contribution in [0.5, 0.6) is 0 Å². The van der Waals surface area contributed by atoms with Gasteiger partial charge in [-0.05, 0) is 50.5 Å². The lowest BCUT2D eigenvalue weighted by Crippen LogP contribution is -2.42. The zero-order valence-electron chi connectivity index (χ0n) is 15.9. The average Bonchev–Trinajstić information content (AvgIpc) is 3.13. The zero-order valence-corrected chi connectivity index (χ0v) is 16.7. The molecule has 0 aliphatic carbocycles. The second-order valence-electron chi connectivity index (χ2n) is 7.24. The predicted molar refractivity (Wildman–Crippen MR) is 112 cm³/mol. The molecule has 1 amide bonds. The number of thiazole rings is 1. The number of nitrogens with one attached hydrogen (secondary N) is 1. The minimum atomic E-state index is -0.232. The molecule has 1 unspecified atom stereocenters. The number of aromatic nitrogens is 1. The van der Waals surface area contributed by atoms with Crippen LogP contribution in [-0.2, 0) is 11.2 Å². The minimum Gasteiger partial charge on any atom is -0.359 e. The number of carbonyl (C=O) groups excluding carboxylic acids is 1. The average molecular weight is 396 g/mol. The van der Waals surface area contributed by atoms with E-state index in [1.165, 1.54) is 23.0 Å². The molecule has 1 aliphatic heterocycles. The van der Waals surface area contributed by atoms with Gasteiger partial charge in [0.1, 0.15) is 5.82 Å². The molecule has 2 heterocycles. The van der Waals surface area contributed by atoms with E-state index in [4.69, 9.17) is 0 Å². The van der Waals surface area contributed by atoms with Crippen molar-refractivity contribution in [1.29, 1.82) is 0 Å². The summed E-state index contributed by atoms with van der Waals surface area (Å²) in [4.78, 5) is 19.2. The van der Waals surface area contributed by atoms with Crippen molar-refractivity contribution in [2.24, 2.45) is 0 Å². The van der Waals surface area contributed by atoms with Crippen molar-refractivity contribution in [2.75, 3.05) is 16.8 Å². The number of amides is 1. The Balaban J connectivity index is 1.46. The molecule has 6 heteroatoms. The number of halogens is 1. The predicted octanol–water partition coefficient (Wildman–Crippen LogP) is 5.04. The number of rotatable bonds is 4. The van der Waals surface area contributed by atoms with Crippen LogP contribution in [0.2, 0.25) is 0 Å². The smallest absolute Gasteiger partial charge is 0.245 e. The fourth-order valence-corrected chi connectivity index (χ4v) is 4.27. The maximum absolute atomic E-state index is 13.5. The first-order valence-electron chi connectivity index (χ1n) is 9.37. The summed E-state index contributed by atoms with van der Waals surface area (Å²) in [5.74, 6) is -0.349. The van der Waals surface area contributed by atoms with Crippen LogP contribution < -0.4 is 10.2 Å². The molecule has 4 rings (SSSR count). The Labute approximate surface area is 168 Å². The lowest BCUT2D eigenvalue weighted by molar-refractivity contribution is -0.115. The molecule has 3 aromatic rings. The Kier molecular flexibility index (Phi) is 5.13. The Morgan fingerprint density at radius 1 is 1.29 bits per heavy atom. The molecule has 0 saturated heterocycles. The molecule has 1 aliphatic rings. The first kappa shape index (κ1) is 18.6. The lowest BCUT2D eigenvalue weighted by Gasteiger charge is -2.36. The number of hydrogen-bond donors (Lipinski definition) is 1. The van der Waals surface area contributed by atoms with Crippen molar-refractivity contribution in [1.82, 2.24) is 4.98 Å². The number of nitrogens with zero attached hydrogens (tertiary/aromatic N) is 2. The van der Waals surface area contributed by atoms with Crippen LogP contribution in [0, 0.1) is 12.7 Å². The lowest BCUT2D eigenvalue weighted by atomic mass is 9.96. The molecule has 0 saturated carbocycles. The third-order valence-corrected chi connectivity index (χ3v) is 5.88. The normalized spacial score (nSPS) is 16.0. The quantitative estimate of drug-likeness (QED) is 0.673. The van der Waals surface area contributed by atoms with Crippen LogP contribution in [-0.4, -0.2) is 23.5 Å². The molecular weight excluding hydrogens is 373 g/mol. The van der Waals surface area contributed by atoms with Crippen LogP contribution in [0.25, 0.3) is 11.3 Å². The molecule has 0 fully saturated rings. The molecule has 4 nitrogen and oxygen atoms in total. The summed E-state index contributed by atoms with van der Waals surface area (Å²) < 4.78 is 13.5. The number of hydrogen-bond acceptors (Lipinski definition) is 4. The number of benzene rings is 2.